The fourth-order valence-corrected chi connectivity index (χ4v) is 3.01. The number of hydrogen-bond acceptors (Lipinski definition) is 3. The number of carbonyl (C=O) groups is 2. The summed E-state index contributed by atoms with van der Waals surface area (Å²) < 4.78 is 14.6. The maximum absolute atomic E-state index is 13.9. The zero-order valence-corrected chi connectivity index (χ0v) is 19.1. The number of nitrogens with zero attached hydrogens (tertiary/aromatic N) is 1. The fraction of sp³-hybridized carbons (Fsp3) is 0.130. The van der Waals surface area contributed by atoms with E-state index in [0.29, 0.717) is 27.7 Å². The third kappa shape index (κ3) is 6.68. The fourth-order valence-electron chi connectivity index (χ4n) is 2.44. The highest BCUT2D eigenvalue weighted by atomic mass is 79.9. The molecule has 4 nitrogen and oxygen atoms in total. The van der Waals surface area contributed by atoms with Crippen molar-refractivity contribution >= 4 is 56.8 Å². The number of aldehydes is 1. The average molecular weight is 492 g/mol. The molecule has 0 radical (unpaired) electrons. The second kappa shape index (κ2) is 10.9. The first-order chi connectivity index (χ1) is 14.2. The molecule has 0 bridgehead atoms. The Bertz CT molecular complexity index is 1020. The summed E-state index contributed by atoms with van der Waals surface area (Å²) in [5, 5.41) is 3.30. The number of benzene rings is 3. The summed E-state index contributed by atoms with van der Waals surface area (Å²) in [6.07, 6.45) is 0.649. The van der Waals surface area contributed by atoms with E-state index in [9.17, 15) is 14.1 Å². The summed E-state index contributed by atoms with van der Waals surface area (Å²) in [5.41, 5.74) is 4.04. The highest BCUT2D eigenvalue weighted by Crippen LogP contribution is 2.33. The topological polar surface area (TPSA) is 49.4 Å². The molecule has 0 atom stereocenters. The third-order valence-electron chi connectivity index (χ3n) is 4.07. The highest BCUT2D eigenvalue weighted by molar-refractivity contribution is 9.10. The van der Waals surface area contributed by atoms with Crippen molar-refractivity contribution in [3.8, 4) is 0 Å². The smallest absolute Gasteiger partial charge is 0.251 e. The molecule has 0 aliphatic carbocycles. The number of carbonyl (C=O) groups excluding carboxylic acids is 2. The quantitative estimate of drug-likeness (QED) is 0.310. The van der Waals surface area contributed by atoms with Crippen LogP contribution >= 0.6 is 27.5 Å². The monoisotopic (exact) mass is 490 g/mol. The van der Waals surface area contributed by atoms with Crippen molar-refractivity contribution in [2.45, 2.75) is 20.8 Å². The van der Waals surface area contributed by atoms with Crippen molar-refractivity contribution < 1.29 is 14.1 Å². The first-order valence-electron chi connectivity index (χ1n) is 9.02. The number of anilines is 3. The van der Waals surface area contributed by atoms with Gasteiger partial charge in [-0.3, -0.25) is 9.59 Å². The molecule has 30 heavy (non-hydrogen) atoms. The normalized spacial score (nSPS) is 9.93. The van der Waals surface area contributed by atoms with E-state index in [1.165, 1.54) is 17.2 Å². The zero-order valence-electron chi connectivity index (χ0n) is 16.7. The Balaban J connectivity index is 0.000000335. The highest BCUT2D eigenvalue weighted by Gasteiger charge is 2.16. The minimum atomic E-state index is -0.740. The molecule has 0 fully saturated rings. The molecular formula is C23H21BrClFN2O2. The summed E-state index contributed by atoms with van der Waals surface area (Å²) in [6.45, 7) is 5.32. The molecule has 0 saturated heterocycles. The average Bonchev–Trinajstić information content (AvgIpc) is 2.71. The third-order valence-corrected chi connectivity index (χ3v) is 4.89. The number of nitrogens with one attached hydrogen (secondary N) is 1. The lowest BCUT2D eigenvalue weighted by Gasteiger charge is -2.16. The number of hydrogen-bond donors (Lipinski definition) is 1. The van der Waals surface area contributed by atoms with Crippen LogP contribution in [0.5, 0.6) is 0 Å². The maximum atomic E-state index is 13.9. The van der Waals surface area contributed by atoms with Crippen LogP contribution in [0, 0.1) is 13.8 Å². The SMILES string of the molecule is CC(=O)N(F)c1cc(Br)ccc1Nc1ccc(C=O)c(Cl)c1.Cc1ccc(C)cc1. The predicted molar refractivity (Wildman–Crippen MR) is 124 cm³/mol. The van der Waals surface area contributed by atoms with Crippen LogP contribution in [-0.2, 0) is 4.79 Å². The number of amides is 1. The van der Waals surface area contributed by atoms with Crippen molar-refractivity contribution in [2.24, 2.45) is 0 Å². The van der Waals surface area contributed by atoms with Crippen LogP contribution in [0.4, 0.5) is 21.5 Å². The molecule has 0 unspecified atom stereocenters. The van der Waals surface area contributed by atoms with Crippen molar-refractivity contribution in [1.29, 1.82) is 0 Å². The van der Waals surface area contributed by atoms with Crippen LogP contribution in [-0.4, -0.2) is 12.2 Å². The largest absolute Gasteiger partial charge is 0.354 e. The van der Waals surface area contributed by atoms with Crippen molar-refractivity contribution in [2.75, 3.05) is 10.4 Å². The van der Waals surface area contributed by atoms with Gasteiger partial charge in [-0.25, -0.2) is 0 Å². The summed E-state index contributed by atoms with van der Waals surface area (Å²) in [6, 6.07) is 18.0. The van der Waals surface area contributed by atoms with E-state index in [0.717, 1.165) is 6.92 Å². The van der Waals surface area contributed by atoms with Gasteiger partial charge >= 0.3 is 0 Å². The van der Waals surface area contributed by atoms with Gasteiger partial charge < -0.3 is 5.32 Å². The molecule has 0 heterocycles. The van der Waals surface area contributed by atoms with Crippen molar-refractivity contribution in [1.82, 2.24) is 0 Å². The van der Waals surface area contributed by atoms with Gasteiger partial charge in [-0.2, -0.15) is 0 Å². The van der Waals surface area contributed by atoms with Crippen LogP contribution in [0.15, 0.2) is 65.1 Å². The predicted octanol–water partition coefficient (Wildman–Crippen LogP) is 7.20. The summed E-state index contributed by atoms with van der Waals surface area (Å²) in [4.78, 5) is 22.0. The van der Waals surface area contributed by atoms with Crippen LogP contribution in [0.2, 0.25) is 5.02 Å². The first-order valence-corrected chi connectivity index (χ1v) is 10.2. The van der Waals surface area contributed by atoms with E-state index in [1.54, 1.807) is 30.3 Å². The van der Waals surface area contributed by atoms with Gasteiger partial charge in [0, 0.05) is 22.6 Å². The van der Waals surface area contributed by atoms with E-state index in [4.69, 9.17) is 11.6 Å². The van der Waals surface area contributed by atoms with Gasteiger partial charge in [0.25, 0.3) is 5.91 Å². The Morgan fingerprint density at radius 1 is 1.03 bits per heavy atom. The van der Waals surface area contributed by atoms with Crippen LogP contribution in [0.1, 0.15) is 28.4 Å². The standard InChI is InChI=1S/C15H11BrClFN2O2.C8H10/c1-9(22)20(18)15-6-11(16)3-5-14(15)19-12-4-2-10(8-21)13(17)7-12;1-7-3-5-8(2)6-4-7/h2-8,19H,1H3;3-6H,1-2H3. The second-order valence-corrected chi connectivity index (χ2v) is 7.92. The molecule has 1 N–H and O–H groups in total. The van der Waals surface area contributed by atoms with Crippen LogP contribution in [0.3, 0.4) is 0 Å². The van der Waals surface area contributed by atoms with Gasteiger partial charge in [0.1, 0.15) is 5.69 Å². The summed E-state index contributed by atoms with van der Waals surface area (Å²) >= 11 is 9.19. The lowest BCUT2D eigenvalue weighted by Crippen LogP contribution is -2.19. The van der Waals surface area contributed by atoms with Gasteiger partial charge in [-0.15, -0.1) is 5.12 Å². The van der Waals surface area contributed by atoms with Gasteiger partial charge in [0.15, 0.2) is 6.29 Å². The maximum Gasteiger partial charge on any atom is 0.251 e. The first kappa shape index (κ1) is 23.6. The Labute approximate surface area is 188 Å². The Kier molecular flexibility index (Phi) is 8.57. The van der Waals surface area contributed by atoms with E-state index < -0.39 is 5.91 Å². The zero-order chi connectivity index (χ0) is 22.3. The molecule has 0 aliphatic heterocycles. The number of rotatable bonds is 4. The van der Waals surface area contributed by atoms with Crippen molar-refractivity contribution in [3.63, 3.8) is 0 Å². The van der Waals surface area contributed by atoms with E-state index >= 15 is 0 Å². The molecule has 3 aromatic rings. The number of halogens is 3. The molecule has 3 rings (SSSR count). The molecule has 156 valence electrons. The Morgan fingerprint density at radius 2 is 1.63 bits per heavy atom. The Hall–Kier alpha value is -2.70. The lowest BCUT2D eigenvalue weighted by molar-refractivity contribution is -0.119. The molecule has 0 saturated carbocycles. The van der Waals surface area contributed by atoms with E-state index in [2.05, 4.69) is 59.4 Å². The molecule has 7 heteroatoms. The van der Waals surface area contributed by atoms with Crippen LogP contribution < -0.4 is 10.4 Å². The van der Waals surface area contributed by atoms with Gasteiger partial charge in [0.05, 0.1) is 10.7 Å². The molecular weight excluding hydrogens is 471 g/mol. The molecule has 0 spiro atoms. The number of aryl methyl sites for hydroxylation is 2. The van der Waals surface area contributed by atoms with Gasteiger partial charge in [-0.1, -0.05) is 67.4 Å². The molecule has 0 aromatic heterocycles. The second-order valence-electron chi connectivity index (χ2n) is 6.60. The molecule has 1 amide bonds. The molecule has 3 aromatic carbocycles. The minimum absolute atomic E-state index is 0.0501. The van der Waals surface area contributed by atoms with Crippen LogP contribution in [0.25, 0.3) is 0 Å². The lowest BCUT2D eigenvalue weighted by atomic mass is 10.2. The summed E-state index contributed by atoms with van der Waals surface area (Å²) in [7, 11) is 0. The summed E-state index contributed by atoms with van der Waals surface area (Å²) in [5.74, 6) is -0.740. The Morgan fingerprint density at radius 3 is 2.13 bits per heavy atom. The van der Waals surface area contributed by atoms with Gasteiger partial charge in [0.2, 0.25) is 0 Å². The van der Waals surface area contributed by atoms with Crippen molar-refractivity contribution in [3.05, 3.63) is 86.8 Å². The van der Waals surface area contributed by atoms with E-state index in [-0.39, 0.29) is 15.8 Å². The van der Waals surface area contributed by atoms with Gasteiger partial charge in [-0.05, 0) is 50.2 Å². The molecule has 0 aliphatic rings. The van der Waals surface area contributed by atoms with E-state index in [1.807, 2.05) is 0 Å². The minimum Gasteiger partial charge on any atom is -0.354 e.